The van der Waals surface area contributed by atoms with Gasteiger partial charge >= 0.3 is 5.97 Å². The van der Waals surface area contributed by atoms with Crippen LogP contribution in [0.1, 0.15) is 34.3 Å². The van der Waals surface area contributed by atoms with Crippen molar-refractivity contribution in [3.8, 4) is 0 Å². The number of aryl methyl sites for hydroxylation is 2. The predicted molar refractivity (Wildman–Crippen MR) is 93.7 cm³/mol. The minimum absolute atomic E-state index is 0.0124. The first kappa shape index (κ1) is 17.1. The fraction of sp³-hybridized carbons (Fsp3) is 0.368. The number of hydrogen-bond donors (Lipinski definition) is 0. The highest BCUT2D eigenvalue weighted by atomic mass is 16.5. The van der Waals surface area contributed by atoms with E-state index in [-0.39, 0.29) is 18.9 Å². The van der Waals surface area contributed by atoms with Crippen molar-refractivity contribution in [1.29, 1.82) is 0 Å². The quantitative estimate of drug-likeness (QED) is 0.593. The molecule has 1 aromatic carbocycles. The number of likely N-dealkylation sites (N-methyl/N-ethyl adjacent to an activating group) is 1. The zero-order valence-electron chi connectivity index (χ0n) is 14.3. The second kappa shape index (κ2) is 7.88. The van der Waals surface area contributed by atoms with Gasteiger partial charge in [0, 0.05) is 25.0 Å². The van der Waals surface area contributed by atoms with Gasteiger partial charge in [0.2, 0.25) is 5.95 Å². The maximum Gasteiger partial charge on any atom is 0.326 e. The van der Waals surface area contributed by atoms with Crippen LogP contribution < -0.4 is 4.90 Å². The highest BCUT2D eigenvalue weighted by Gasteiger charge is 2.16. The largest absolute Gasteiger partial charge is 0.456 e. The number of ether oxygens (including phenoxy) is 1. The average molecular weight is 339 g/mol. The van der Waals surface area contributed by atoms with Crippen LogP contribution in [0.3, 0.4) is 0 Å². The van der Waals surface area contributed by atoms with Crippen molar-refractivity contribution in [1.82, 2.24) is 9.97 Å². The topological polar surface area (TPSA) is 72.4 Å². The Morgan fingerprint density at radius 2 is 1.84 bits per heavy atom. The molecule has 0 aliphatic heterocycles. The van der Waals surface area contributed by atoms with Crippen LogP contribution in [0.4, 0.5) is 5.95 Å². The lowest BCUT2D eigenvalue weighted by molar-refractivity contribution is -0.140. The fourth-order valence-corrected chi connectivity index (χ4v) is 2.93. The van der Waals surface area contributed by atoms with Crippen molar-refractivity contribution in [3.05, 3.63) is 53.3 Å². The number of anilines is 1. The van der Waals surface area contributed by atoms with E-state index in [1.807, 2.05) is 18.2 Å². The second-order valence-electron chi connectivity index (χ2n) is 6.18. The van der Waals surface area contributed by atoms with Gasteiger partial charge < -0.3 is 9.64 Å². The van der Waals surface area contributed by atoms with Crippen molar-refractivity contribution in [2.45, 2.75) is 25.7 Å². The average Bonchev–Trinajstić information content (AvgIpc) is 2.66. The zero-order chi connectivity index (χ0) is 17.6. The number of carbonyl (C=O) groups is 2. The molecule has 0 atom stereocenters. The second-order valence-corrected chi connectivity index (χ2v) is 6.18. The van der Waals surface area contributed by atoms with Crippen LogP contribution >= 0.6 is 0 Å². The summed E-state index contributed by atoms with van der Waals surface area (Å²) in [6.45, 7) is -0.261. The lowest BCUT2D eigenvalue weighted by atomic mass is 9.90. The summed E-state index contributed by atoms with van der Waals surface area (Å²) in [5.41, 5.74) is 3.17. The molecule has 0 spiro atoms. The van der Waals surface area contributed by atoms with Gasteiger partial charge in [-0.3, -0.25) is 9.59 Å². The van der Waals surface area contributed by atoms with Crippen LogP contribution in [0.2, 0.25) is 0 Å². The molecule has 6 heteroatoms. The Morgan fingerprint density at radius 1 is 1.12 bits per heavy atom. The van der Waals surface area contributed by atoms with E-state index in [1.165, 1.54) is 17.5 Å². The summed E-state index contributed by atoms with van der Waals surface area (Å²) in [4.78, 5) is 33.9. The number of aromatic nitrogens is 2. The number of hydrogen-bond acceptors (Lipinski definition) is 6. The SMILES string of the molecule is CN(CC(=O)OCC(=O)c1ccc2c(c1)CCCC2)c1ncccn1. The molecule has 2 aromatic rings. The smallest absolute Gasteiger partial charge is 0.326 e. The molecular weight excluding hydrogens is 318 g/mol. The molecule has 0 fully saturated rings. The summed E-state index contributed by atoms with van der Waals surface area (Å²) in [6, 6.07) is 7.48. The van der Waals surface area contributed by atoms with Gasteiger partial charge in [-0.2, -0.15) is 0 Å². The third-order valence-corrected chi connectivity index (χ3v) is 4.29. The molecule has 130 valence electrons. The van der Waals surface area contributed by atoms with Gasteiger partial charge in [0.1, 0.15) is 6.54 Å². The number of benzene rings is 1. The van der Waals surface area contributed by atoms with E-state index >= 15 is 0 Å². The minimum Gasteiger partial charge on any atom is -0.456 e. The molecule has 1 heterocycles. The van der Waals surface area contributed by atoms with Gasteiger partial charge in [0.25, 0.3) is 0 Å². The summed E-state index contributed by atoms with van der Waals surface area (Å²) in [5, 5.41) is 0. The van der Waals surface area contributed by atoms with E-state index in [4.69, 9.17) is 4.74 Å². The molecule has 0 radical (unpaired) electrons. The number of rotatable bonds is 6. The highest BCUT2D eigenvalue weighted by Crippen LogP contribution is 2.22. The molecule has 0 amide bonds. The summed E-state index contributed by atoms with van der Waals surface area (Å²) in [5.74, 6) is -0.234. The summed E-state index contributed by atoms with van der Waals surface area (Å²) in [6.07, 6.45) is 7.66. The Morgan fingerprint density at radius 3 is 2.60 bits per heavy atom. The summed E-state index contributed by atoms with van der Waals surface area (Å²) in [7, 11) is 1.70. The van der Waals surface area contributed by atoms with E-state index in [2.05, 4.69) is 9.97 Å². The lowest BCUT2D eigenvalue weighted by Gasteiger charge is -2.17. The normalized spacial score (nSPS) is 13.0. The van der Waals surface area contributed by atoms with E-state index in [1.54, 1.807) is 30.4 Å². The third-order valence-electron chi connectivity index (χ3n) is 4.29. The van der Waals surface area contributed by atoms with E-state index in [0.717, 1.165) is 19.3 Å². The van der Waals surface area contributed by atoms with Crippen molar-refractivity contribution in [3.63, 3.8) is 0 Å². The van der Waals surface area contributed by atoms with E-state index in [0.29, 0.717) is 11.5 Å². The number of nitrogens with zero attached hydrogens (tertiary/aromatic N) is 3. The van der Waals surface area contributed by atoms with E-state index in [9.17, 15) is 9.59 Å². The van der Waals surface area contributed by atoms with Crippen molar-refractivity contribution >= 4 is 17.7 Å². The zero-order valence-corrected chi connectivity index (χ0v) is 14.3. The van der Waals surface area contributed by atoms with Crippen LogP contribution in [0.5, 0.6) is 0 Å². The van der Waals surface area contributed by atoms with E-state index < -0.39 is 5.97 Å². The summed E-state index contributed by atoms with van der Waals surface area (Å²) < 4.78 is 5.11. The fourth-order valence-electron chi connectivity index (χ4n) is 2.93. The van der Waals surface area contributed by atoms with Crippen LogP contribution in [0.15, 0.2) is 36.7 Å². The monoisotopic (exact) mass is 339 g/mol. The van der Waals surface area contributed by atoms with Gasteiger partial charge in [-0.25, -0.2) is 9.97 Å². The molecule has 25 heavy (non-hydrogen) atoms. The van der Waals surface area contributed by atoms with Crippen LogP contribution in [0, 0.1) is 0 Å². The number of Topliss-reactive ketones (excluding diaryl/α,β-unsaturated/α-hetero) is 1. The van der Waals surface area contributed by atoms with Crippen molar-refractivity contribution in [2.75, 3.05) is 25.1 Å². The number of fused-ring (bicyclic) bond motifs is 1. The molecule has 3 rings (SSSR count). The van der Waals surface area contributed by atoms with Gasteiger partial charge in [0.05, 0.1) is 0 Å². The Balaban J connectivity index is 1.52. The molecule has 0 N–H and O–H groups in total. The lowest BCUT2D eigenvalue weighted by Crippen LogP contribution is -2.29. The molecule has 1 aliphatic rings. The maximum atomic E-state index is 12.3. The van der Waals surface area contributed by atoms with Gasteiger partial charge in [-0.15, -0.1) is 0 Å². The molecule has 0 unspecified atom stereocenters. The summed E-state index contributed by atoms with van der Waals surface area (Å²) >= 11 is 0. The Hall–Kier alpha value is -2.76. The molecule has 1 aromatic heterocycles. The predicted octanol–water partition coefficient (Wildman–Crippen LogP) is 2.22. The first-order chi connectivity index (χ1) is 12.1. The van der Waals surface area contributed by atoms with Crippen LogP contribution in [0.25, 0.3) is 0 Å². The molecule has 0 bridgehead atoms. The third kappa shape index (κ3) is 4.41. The molecule has 0 saturated heterocycles. The van der Waals surface area contributed by atoms with Crippen molar-refractivity contribution < 1.29 is 14.3 Å². The molecule has 6 nitrogen and oxygen atoms in total. The van der Waals surface area contributed by atoms with Crippen LogP contribution in [-0.4, -0.2) is 41.9 Å². The Labute approximate surface area is 146 Å². The Kier molecular flexibility index (Phi) is 5.38. The number of carbonyl (C=O) groups excluding carboxylic acids is 2. The van der Waals surface area contributed by atoms with Crippen LogP contribution in [-0.2, 0) is 22.4 Å². The van der Waals surface area contributed by atoms with Gasteiger partial charge in [-0.05, 0) is 48.9 Å². The van der Waals surface area contributed by atoms with Crippen molar-refractivity contribution in [2.24, 2.45) is 0 Å². The number of ketones is 1. The standard InChI is InChI=1S/C19H21N3O3/c1-22(19-20-9-4-10-21-19)12-18(24)25-13-17(23)16-8-7-14-5-2-3-6-15(14)11-16/h4,7-11H,2-3,5-6,12-13H2,1H3. The Bertz CT molecular complexity index is 762. The van der Waals surface area contributed by atoms with Gasteiger partial charge in [-0.1, -0.05) is 12.1 Å². The highest BCUT2D eigenvalue weighted by molar-refractivity contribution is 5.98. The first-order valence-corrected chi connectivity index (χ1v) is 8.42. The number of esters is 1. The van der Waals surface area contributed by atoms with Gasteiger partial charge in [0.15, 0.2) is 12.4 Å². The molecule has 0 saturated carbocycles. The maximum absolute atomic E-state index is 12.3. The first-order valence-electron chi connectivity index (χ1n) is 8.42. The minimum atomic E-state index is -0.485. The molecule has 1 aliphatic carbocycles. The molecular formula is C19H21N3O3.